The average Bonchev–Trinajstić information content (AvgIpc) is 3.27. The minimum absolute atomic E-state index is 0. The topological polar surface area (TPSA) is 192 Å². The van der Waals surface area contributed by atoms with E-state index in [4.69, 9.17) is 21.6 Å². The van der Waals surface area contributed by atoms with Gasteiger partial charge in [0.1, 0.15) is 12.1 Å². The molecule has 6 atom stereocenters. The van der Waals surface area contributed by atoms with Gasteiger partial charge in [-0.1, -0.05) is 94.2 Å². The molecule has 2 fully saturated rings. The SMILES string of the molecule is CC(C)N1CCCC[C@@H]1C(=O)O.CCOC(=O)/C(C)=C/[C@H](C(C)C)N(C)C(=O)C(N)C(C)(C)C.CCOC(=O)/C(C)=C/[C@H](C(C)C)N(C)C(=O)C(NC(=O)C1CCCCN1C(C)C)C(C)(C)C.Cl.[3H][B].[U]. The van der Waals surface area contributed by atoms with Crippen LogP contribution >= 0.6 is 12.4 Å². The quantitative estimate of drug-likeness (QED) is 0.0754. The zero-order chi connectivity index (χ0) is 54.3. The van der Waals surface area contributed by atoms with Gasteiger partial charge in [-0.05, 0) is 118 Å². The van der Waals surface area contributed by atoms with Crippen LogP contribution in [0, 0.1) is 53.8 Å². The molecule has 15 nitrogen and oxygen atoms in total. The van der Waals surface area contributed by atoms with E-state index in [1.165, 1.54) is 0 Å². The van der Waals surface area contributed by atoms with Crippen molar-refractivity contribution in [3.05, 3.63) is 23.3 Å². The molecule has 2 aliphatic rings. The zero-order valence-electron chi connectivity index (χ0n) is 48.1. The Labute approximate surface area is 458 Å². The minimum Gasteiger partial charge on any atom is -0.480 e. The standard InChI is InChI=1S/C26H47N3O4.C17H32N2O3.C9H17NO2.BH.ClH.U/c1-11-33-25(32)19(6)16-21(17(2)3)28(10)24(31)22(26(7,8)9)27-23(30)20-14-12-13-15-29(20)18(4)5;1-9-22-16(21)12(4)10-13(11(2)3)19(8)15(20)14(18)17(5,6)7;1-7(2)10-6-4-3-5-8(10)9(11)12;;;/h16-18,20-22H,11-15H2,1-10H3,(H,27,30);10-11,13-14H,9,18H2,1-8H3;7-8H,3-6H2,1-2H3,(H,11,12);2*1H;/b19-16+;12-10+;;;;/t20?,21-,22?;13-,14?;8-;;;/m111.../s1/i;;;1T;;. The number of carboxylic acids is 1. The maximum Gasteiger partial charge on any atom is 0.333 e. The number of piperidine rings is 2. The molecule has 2 radical (unpaired) electrons. The molecule has 2 rings (SSSR count). The van der Waals surface area contributed by atoms with Gasteiger partial charge in [0.15, 0.2) is 0 Å². The molecule has 0 spiro atoms. The molecule has 18 heteroatoms. The molecule has 2 aliphatic heterocycles. The first-order chi connectivity index (χ1) is 31.8. The van der Waals surface area contributed by atoms with Crippen molar-refractivity contribution in [2.45, 2.75) is 211 Å². The first-order valence-electron chi connectivity index (χ1n) is 25.4. The number of likely N-dealkylation sites (tertiary alicyclic amines) is 2. The van der Waals surface area contributed by atoms with Gasteiger partial charge in [0, 0.05) is 76.8 Å². The summed E-state index contributed by atoms with van der Waals surface area (Å²) in [5, 5.41) is 12.0. The molecule has 0 aliphatic carbocycles. The number of nitrogens with two attached hydrogens (primary N) is 1. The Bertz CT molecular complexity index is 1670. The number of amides is 3. The smallest absolute Gasteiger partial charge is 0.333 e. The number of carbonyl (C=O) groups is 6. The first-order valence-corrected chi connectivity index (χ1v) is 24.8. The van der Waals surface area contributed by atoms with E-state index in [1.807, 2.05) is 69.2 Å². The van der Waals surface area contributed by atoms with E-state index in [0.717, 1.165) is 51.6 Å². The fourth-order valence-electron chi connectivity index (χ4n) is 8.31. The van der Waals surface area contributed by atoms with Gasteiger partial charge in [-0.25, -0.2) is 9.59 Å². The fraction of sp³-hybridized carbons (Fsp3) is 0.808. The Balaban J connectivity index is -0.000000507. The number of hydrogen-bond acceptors (Lipinski definition) is 11. The second kappa shape index (κ2) is 34.9. The van der Waals surface area contributed by atoms with E-state index in [0.29, 0.717) is 30.4 Å². The van der Waals surface area contributed by atoms with E-state index in [2.05, 4.69) is 51.2 Å². The van der Waals surface area contributed by atoms with Crippen molar-refractivity contribution in [2.24, 2.45) is 28.4 Å². The molecular weight excluding hydrogens is 1140 g/mol. The van der Waals surface area contributed by atoms with Crippen LogP contribution in [0.4, 0.5) is 0 Å². The van der Waals surface area contributed by atoms with Crippen LogP contribution in [0.2, 0.25) is 0 Å². The van der Waals surface area contributed by atoms with Crippen LogP contribution in [0.25, 0.3) is 0 Å². The van der Waals surface area contributed by atoms with Crippen molar-refractivity contribution in [1.29, 1.82) is 1.34 Å². The molecule has 2 saturated heterocycles. The number of ether oxygens (including phenoxy) is 2. The van der Waals surface area contributed by atoms with E-state index in [1.54, 1.807) is 63.7 Å². The zero-order valence-corrected chi connectivity index (χ0v) is 52.0. The Hall–Kier alpha value is -2.41. The second-order valence-corrected chi connectivity index (χ2v) is 21.7. The van der Waals surface area contributed by atoms with Crippen LogP contribution in [0.1, 0.15) is 163 Å². The van der Waals surface area contributed by atoms with E-state index in [9.17, 15) is 28.8 Å². The van der Waals surface area contributed by atoms with Gasteiger partial charge < -0.3 is 35.4 Å². The Morgan fingerprint density at radius 2 is 1.06 bits per heavy atom. The normalized spacial score (nSPS) is 18.8. The van der Waals surface area contributed by atoms with Crippen molar-refractivity contribution in [3.8, 4) is 0 Å². The number of carboxylic acid groups (broad SMARTS) is 1. The van der Waals surface area contributed by atoms with Gasteiger partial charge in [-0.15, -0.1) is 12.4 Å². The number of nitrogens with one attached hydrogen (secondary N) is 1. The van der Waals surface area contributed by atoms with Crippen LogP contribution in [0.15, 0.2) is 23.3 Å². The number of aliphatic carboxylic acids is 1. The largest absolute Gasteiger partial charge is 0.480 e. The first kappa shape index (κ1) is 71.8. The summed E-state index contributed by atoms with van der Waals surface area (Å²) in [6, 6.07) is -1.60. The van der Waals surface area contributed by atoms with Gasteiger partial charge >= 0.3 is 17.9 Å². The molecule has 4 N–H and O–H groups in total. The van der Waals surface area contributed by atoms with Gasteiger partial charge in [-0.3, -0.25) is 29.0 Å². The molecule has 0 aromatic carbocycles. The summed E-state index contributed by atoms with van der Waals surface area (Å²) in [5.41, 5.74) is 6.26. The third kappa shape index (κ3) is 24.5. The van der Waals surface area contributed by atoms with Gasteiger partial charge in [0.05, 0.1) is 37.4 Å². The van der Waals surface area contributed by atoms with Crippen LogP contribution in [-0.4, -0.2) is 159 Å². The van der Waals surface area contributed by atoms with Crippen LogP contribution in [0.5, 0.6) is 0 Å². The van der Waals surface area contributed by atoms with E-state index in [-0.39, 0.29) is 121 Å². The Morgan fingerprint density at radius 3 is 1.36 bits per heavy atom. The number of hydrogen-bond donors (Lipinski definition) is 3. The van der Waals surface area contributed by atoms with Crippen LogP contribution in [-0.2, 0) is 38.2 Å². The van der Waals surface area contributed by atoms with Gasteiger partial charge in [0.25, 0.3) is 0 Å². The summed E-state index contributed by atoms with van der Waals surface area (Å²) >= 11 is 0. The number of carbonyl (C=O) groups excluding carboxylic acids is 5. The molecule has 404 valence electrons. The maximum absolute atomic E-state index is 13.7. The second-order valence-electron chi connectivity index (χ2n) is 21.7. The van der Waals surface area contributed by atoms with Crippen molar-refractivity contribution in [3.63, 3.8) is 0 Å². The predicted octanol–water partition coefficient (Wildman–Crippen LogP) is 7.23. The number of likely N-dealkylation sites (N-methyl/N-ethyl adjacent to an activating group) is 2. The van der Waals surface area contributed by atoms with Crippen LogP contribution < -0.4 is 11.1 Å². The molecule has 3 unspecified atom stereocenters. The molecule has 0 aromatic rings. The summed E-state index contributed by atoms with van der Waals surface area (Å²) in [5.74, 6) is -1.52. The summed E-state index contributed by atoms with van der Waals surface area (Å²) in [4.78, 5) is 81.9. The third-order valence-corrected chi connectivity index (χ3v) is 12.6. The molecule has 0 saturated carbocycles. The maximum atomic E-state index is 13.7. The predicted molar refractivity (Wildman–Crippen MR) is 283 cm³/mol. The monoisotopic (exact) mass is 1240 g/mol. The van der Waals surface area contributed by atoms with Crippen LogP contribution in [0.3, 0.4) is 0 Å². The average molecular weight is 1240 g/mol. The van der Waals surface area contributed by atoms with Crippen molar-refractivity contribution in [2.75, 3.05) is 40.4 Å². The van der Waals surface area contributed by atoms with E-state index < -0.39 is 23.5 Å². The number of nitrogens with zero attached hydrogens (tertiary/aromatic N) is 4. The number of halogens is 1. The molecule has 2 heterocycles. The summed E-state index contributed by atoms with van der Waals surface area (Å²) in [7, 11) is 7.22. The molecule has 3 amide bonds. The Kier molecular flexibility index (Phi) is 35.8. The molecule has 0 bridgehead atoms. The number of esters is 2. The van der Waals surface area contributed by atoms with Gasteiger partial charge in [-0.2, -0.15) is 0 Å². The van der Waals surface area contributed by atoms with Gasteiger partial charge in [0.2, 0.25) is 17.7 Å². The van der Waals surface area contributed by atoms with E-state index >= 15 is 0 Å². The third-order valence-electron chi connectivity index (χ3n) is 12.6. The minimum atomic E-state index is -0.677. The summed E-state index contributed by atoms with van der Waals surface area (Å²) in [6.07, 6.45) is 9.51. The van der Waals surface area contributed by atoms with Crippen molar-refractivity contribution < 1.29 is 74.5 Å². The van der Waals surface area contributed by atoms with Crippen molar-refractivity contribution >= 4 is 56.4 Å². The van der Waals surface area contributed by atoms with Crippen molar-refractivity contribution in [1.82, 2.24) is 24.9 Å². The molecule has 0 aromatic heterocycles. The Morgan fingerprint density at radius 1 is 0.700 bits per heavy atom. The fourth-order valence-corrected chi connectivity index (χ4v) is 8.31. The number of rotatable bonds is 17. The summed E-state index contributed by atoms with van der Waals surface area (Å²) < 4.78 is 15.3. The summed E-state index contributed by atoms with van der Waals surface area (Å²) in [6.45, 7) is 37.5. The molecule has 70 heavy (non-hydrogen) atoms. The molecular formula is C52H98BClN6O9U.